The summed E-state index contributed by atoms with van der Waals surface area (Å²) in [6, 6.07) is 0. The molecule has 1 saturated heterocycles. The Labute approximate surface area is 89.2 Å². The maximum absolute atomic E-state index is 11.7. The van der Waals surface area contributed by atoms with E-state index in [2.05, 4.69) is 0 Å². The quantitative estimate of drug-likeness (QED) is 0.710. The zero-order chi connectivity index (χ0) is 10.8. The van der Waals surface area contributed by atoms with Gasteiger partial charge < -0.3 is 9.84 Å². The number of aliphatic hydroxyl groups excluding tert-OH is 1. The molecule has 3 nitrogen and oxygen atoms in total. The maximum Gasteiger partial charge on any atom is 0.310 e. The molecule has 82 valence electrons. The number of hydrogen-bond acceptors (Lipinski definition) is 4. The van der Waals surface area contributed by atoms with Gasteiger partial charge in [-0.25, -0.2) is 0 Å². The fraction of sp³-hybridized carbons (Fsp3) is 0.900. The number of carbonyl (C=O) groups is 1. The smallest absolute Gasteiger partial charge is 0.310 e. The van der Waals surface area contributed by atoms with Gasteiger partial charge in [0.05, 0.1) is 5.92 Å². The molecule has 0 spiro atoms. The molecular weight excluding hydrogens is 200 g/mol. The SMILES string of the molecule is CC(C)(C)OC(=O)[C@H]1CSC[C@@H]1CO. The van der Waals surface area contributed by atoms with E-state index in [4.69, 9.17) is 9.84 Å². The van der Waals surface area contributed by atoms with E-state index >= 15 is 0 Å². The van der Waals surface area contributed by atoms with Gasteiger partial charge in [0.25, 0.3) is 0 Å². The highest BCUT2D eigenvalue weighted by molar-refractivity contribution is 7.99. The van der Waals surface area contributed by atoms with Crippen molar-refractivity contribution in [3.8, 4) is 0 Å². The fourth-order valence-corrected chi connectivity index (χ4v) is 2.86. The molecule has 0 aliphatic carbocycles. The van der Waals surface area contributed by atoms with Crippen LogP contribution in [0.5, 0.6) is 0 Å². The predicted molar refractivity (Wildman–Crippen MR) is 57.2 cm³/mol. The van der Waals surface area contributed by atoms with Crippen LogP contribution in [0.3, 0.4) is 0 Å². The summed E-state index contributed by atoms with van der Waals surface area (Å²) in [5, 5.41) is 9.06. The summed E-state index contributed by atoms with van der Waals surface area (Å²) in [5.74, 6) is 1.43. The Morgan fingerprint density at radius 3 is 2.64 bits per heavy atom. The Kier molecular flexibility index (Phi) is 3.84. The van der Waals surface area contributed by atoms with Crippen LogP contribution in [0.15, 0.2) is 0 Å². The highest BCUT2D eigenvalue weighted by atomic mass is 32.2. The molecule has 0 aromatic heterocycles. The lowest BCUT2D eigenvalue weighted by molar-refractivity contribution is -0.161. The molecule has 0 amide bonds. The van der Waals surface area contributed by atoms with Gasteiger partial charge >= 0.3 is 5.97 Å². The molecule has 4 heteroatoms. The first kappa shape index (κ1) is 11.9. The van der Waals surface area contributed by atoms with E-state index in [9.17, 15) is 4.79 Å². The van der Waals surface area contributed by atoms with Crippen molar-refractivity contribution in [2.24, 2.45) is 11.8 Å². The van der Waals surface area contributed by atoms with Gasteiger partial charge in [-0.1, -0.05) is 0 Å². The van der Waals surface area contributed by atoms with Gasteiger partial charge in [-0.05, 0) is 26.5 Å². The summed E-state index contributed by atoms with van der Waals surface area (Å²) in [7, 11) is 0. The molecule has 0 aromatic carbocycles. The van der Waals surface area contributed by atoms with Gasteiger partial charge in [0.15, 0.2) is 0 Å². The third-order valence-corrected chi connectivity index (χ3v) is 3.40. The van der Waals surface area contributed by atoms with Gasteiger partial charge in [0.2, 0.25) is 0 Å². The topological polar surface area (TPSA) is 46.5 Å². The van der Waals surface area contributed by atoms with Gasteiger partial charge in [-0.3, -0.25) is 4.79 Å². The Morgan fingerprint density at radius 2 is 2.14 bits per heavy atom. The number of ether oxygens (including phenoxy) is 1. The molecule has 1 N–H and O–H groups in total. The van der Waals surface area contributed by atoms with Crippen LogP contribution in [0.2, 0.25) is 0 Å². The van der Waals surface area contributed by atoms with E-state index in [0.29, 0.717) is 0 Å². The van der Waals surface area contributed by atoms with Crippen LogP contribution in [0.1, 0.15) is 20.8 Å². The lowest BCUT2D eigenvalue weighted by Gasteiger charge is -2.23. The van der Waals surface area contributed by atoms with E-state index in [0.717, 1.165) is 11.5 Å². The molecule has 0 aromatic rings. The fourth-order valence-electron chi connectivity index (χ4n) is 1.42. The molecule has 1 rings (SSSR count). The first-order valence-electron chi connectivity index (χ1n) is 4.85. The van der Waals surface area contributed by atoms with Gasteiger partial charge in [-0.2, -0.15) is 11.8 Å². The standard InChI is InChI=1S/C10H18O3S/c1-10(2,3)13-9(12)8-6-14-5-7(8)4-11/h7-8,11H,4-6H2,1-3H3/t7-,8-/m0/s1. The Balaban J connectivity index is 2.52. The molecule has 1 aliphatic heterocycles. The third kappa shape index (κ3) is 3.17. The van der Waals surface area contributed by atoms with E-state index in [1.165, 1.54) is 0 Å². The third-order valence-electron chi connectivity index (χ3n) is 2.14. The van der Waals surface area contributed by atoms with E-state index in [1.807, 2.05) is 20.8 Å². The van der Waals surface area contributed by atoms with Crippen LogP contribution in [0.25, 0.3) is 0 Å². The monoisotopic (exact) mass is 218 g/mol. The molecule has 1 aliphatic rings. The second kappa shape index (κ2) is 4.53. The number of hydrogen-bond donors (Lipinski definition) is 1. The minimum absolute atomic E-state index is 0.0786. The number of esters is 1. The lowest BCUT2D eigenvalue weighted by Crippen LogP contribution is -2.33. The van der Waals surface area contributed by atoms with Crippen LogP contribution in [0, 0.1) is 11.8 Å². The van der Waals surface area contributed by atoms with Crippen molar-refractivity contribution in [1.82, 2.24) is 0 Å². The molecule has 1 fully saturated rings. The van der Waals surface area contributed by atoms with Crippen LogP contribution in [-0.4, -0.2) is 34.8 Å². The first-order valence-corrected chi connectivity index (χ1v) is 6.01. The molecule has 0 unspecified atom stereocenters. The molecule has 14 heavy (non-hydrogen) atoms. The second-order valence-electron chi connectivity index (χ2n) is 4.62. The first-order chi connectivity index (χ1) is 6.44. The molecule has 0 saturated carbocycles. The summed E-state index contributed by atoms with van der Waals surface area (Å²) in [4.78, 5) is 11.7. The Morgan fingerprint density at radius 1 is 1.50 bits per heavy atom. The number of rotatable bonds is 2. The highest BCUT2D eigenvalue weighted by Gasteiger charge is 2.35. The van der Waals surface area contributed by atoms with Gasteiger partial charge in [0.1, 0.15) is 5.60 Å². The summed E-state index contributed by atoms with van der Waals surface area (Å²) in [5.41, 5.74) is -0.426. The van der Waals surface area contributed by atoms with Crippen LogP contribution < -0.4 is 0 Å². The zero-order valence-electron chi connectivity index (χ0n) is 8.95. The minimum atomic E-state index is -0.426. The van der Waals surface area contributed by atoms with Crippen molar-refractivity contribution in [2.45, 2.75) is 26.4 Å². The van der Waals surface area contributed by atoms with Gasteiger partial charge in [-0.15, -0.1) is 0 Å². The number of carbonyl (C=O) groups excluding carboxylic acids is 1. The average Bonchev–Trinajstić information content (AvgIpc) is 2.47. The van der Waals surface area contributed by atoms with Crippen molar-refractivity contribution < 1.29 is 14.6 Å². The largest absolute Gasteiger partial charge is 0.460 e. The van der Waals surface area contributed by atoms with E-state index in [1.54, 1.807) is 11.8 Å². The summed E-state index contributed by atoms with van der Waals surface area (Å²) in [6.07, 6.45) is 0. The van der Waals surface area contributed by atoms with Crippen molar-refractivity contribution in [1.29, 1.82) is 0 Å². The molecule has 0 bridgehead atoms. The molecule has 2 atom stereocenters. The van der Waals surface area contributed by atoms with Crippen LogP contribution in [0.4, 0.5) is 0 Å². The Bertz CT molecular complexity index is 210. The Hall–Kier alpha value is -0.220. The van der Waals surface area contributed by atoms with E-state index in [-0.39, 0.29) is 24.4 Å². The van der Waals surface area contributed by atoms with Crippen molar-refractivity contribution >= 4 is 17.7 Å². The van der Waals surface area contributed by atoms with Crippen LogP contribution >= 0.6 is 11.8 Å². The normalized spacial score (nSPS) is 27.7. The summed E-state index contributed by atoms with van der Waals surface area (Å²) < 4.78 is 5.29. The molecule has 0 radical (unpaired) electrons. The number of aliphatic hydroxyl groups is 1. The number of thioether (sulfide) groups is 1. The highest BCUT2D eigenvalue weighted by Crippen LogP contribution is 2.31. The van der Waals surface area contributed by atoms with Crippen molar-refractivity contribution in [3.05, 3.63) is 0 Å². The molecule has 1 heterocycles. The maximum atomic E-state index is 11.7. The second-order valence-corrected chi connectivity index (χ2v) is 5.69. The van der Waals surface area contributed by atoms with Crippen molar-refractivity contribution in [2.75, 3.05) is 18.1 Å². The van der Waals surface area contributed by atoms with Crippen molar-refractivity contribution in [3.63, 3.8) is 0 Å². The lowest BCUT2D eigenvalue weighted by atomic mass is 9.97. The summed E-state index contributed by atoms with van der Waals surface area (Å²) >= 11 is 1.71. The average molecular weight is 218 g/mol. The summed E-state index contributed by atoms with van der Waals surface area (Å²) in [6.45, 7) is 5.67. The van der Waals surface area contributed by atoms with Crippen LogP contribution in [-0.2, 0) is 9.53 Å². The predicted octanol–water partition coefficient (Wildman–Crippen LogP) is 1.30. The zero-order valence-corrected chi connectivity index (χ0v) is 9.76. The molecular formula is C10H18O3S. The van der Waals surface area contributed by atoms with E-state index < -0.39 is 5.60 Å². The minimum Gasteiger partial charge on any atom is -0.460 e. The van der Waals surface area contributed by atoms with Gasteiger partial charge in [0, 0.05) is 18.3 Å².